The van der Waals surface area contributed by atoms with Crippen LogP contribution < -0.4 is 5.32 Å². The first kappa shape index (κ1) is 28.8. The van der Waals surface area contributed by atoms with E-state index in [1.807, 2.05) is 45.3 Å². The number of nitrogens with one attached hydrogen (secondary N) is 1. The number of anilines is 1. The van der Waals surface area contributed by atoms with Crippen molar-refractivity contribution in [2.24, 2.45) is 0 Å². The molecule has 0 fully saturated rings. The van der Waals surface area contributed by atoms with Gasteiger partial charge in [-0.15, -0.1) is 10.2 Å². The first-order chi connectivity index (χ1) is 17.1. The molecule has 0 spiro atoms. The number of carboxylic acids is 2. The van der Waals surface area contributed by atoms with Crippen molar-refractivity contribution in [1.82, 2.24) is 24.6 Å². The Morgan fingerprint density at radius 1 is 1.08 bits per heavy atom. The van der Waals surface area contributed by atoms with Crippen molar-refractivity contribution >= 4 is 46.9 Å². The number of hydrogen-bond donors (Lipinski definition) is 3. The zero-order valence-electron chi connectivity index (χ0n) is 20.0. The largest absolute Gasteiger partial charge is 0.473 e. The van der Waals surface area contributed by atoms with E-state index < -0.39 is 11.9 Å². The van der Waals surface area contributed by atoms with Crippen molar-refractivity contribution in [3.8, 4) is 11.4 Å². The maximum Gasteiger partial charge on any atom is 0.414 e. The smallest absolute Gasteiger partial charge is 0.414 e. The molecule has 0 aliphatic carbocycles. The fourth-order valence-corrected chi connectivity index (χ4v) is 3.80. The van der Waals surface area contributed by atoms with Gasteiger partial charge in [-0.05, 0) is 63.8 Å². The third-order valence-electron chi connectivity index (χ3n) is 4.61. The summed E-state index contributed by atoms with van der Waals surface area (Å²) in [4.78, 5) is 36.8. The van der Waals surface area contributed by atoms with Crippen LogP contribution in [0.3, 0.4) is 0 Å². The molecule has 0 aliphatic heterocycles. The minimum atomic E-state index is -1.82. The van der Waals surface area contributed by atoms with E-state index in [1.165, 1.54) is 11.8 Å². The number of thioether (sulfide) groups is 1. The van der Waals surface area contributed by atoms with Crippen molar-refractivity contribution in [1.29, 1.82) is 0 Å². The number of hydrogen-bond acceptors (Lipinski definition) is 8. The summed E-state index contributed by atoms with van der Waals surface area (Å²) in [7, 11) is 4.10. The molecule has 0 saturated carbocycles. The van der Waals surface area contributed by atoms with Crippen molar-refractivity contribution in [2.45, 2.75) is 25.0 Å². The number of carbonyl (C=O) groups is 3. The second-order valence-corrected chi connectivity index (χ2v) is 9.11. The van der Waals surface area contributed by atoms with Crippen LogP contribution in [-0.2, 0) is 20.9 Å². The third kappa shape index (κ3) is 9.29. The molecule has 0 aliphatic rings. The summed E-state index contributed by atoms with van der Waals surface area (Å²) in [6.07, 6.45) is 4.42. The van der Waals surface area contributed by atoms with Crippen LogP contribution in [-0.4, -0.2) is 79.1 Å². The van der Waals surface area contributed by atoms with Crippen molar-refractivity contribution in [3.05, 3.63) is 53.3 Å². The fraction of sp³-hybridized carbons (Fsp3) is 0.304. The molecule has 0 saturated heterocycles. The normalized spacial score (nSPS) is 10.5. The second-order valence-electron chi connectivity index (χ2n) is 7.76. The number of benzene rings is 1. The van der Waals surface area contributed by atoms with Crippen molar-refractivity contribution < 1.29 is 24.6 Å². The van der Waals surface area contributed by atoms with Crippen molar-refractivity contribution in [3.63, 3.8) is 0 Å². The van der Waals surface area contributed by atoms with E-state index in [9.17, 15) is 4.79 Å². The minimum Gasteiger partial charge on any atom is -0.473 e. The molecule has 3 N–H and O–H groups in total. The summed E-state index contributed by atoms with van der Waals surface area (Å²) in [5, 5.41) is 27.7. The summed E-state index contributed by atoms with van der Waals surface area (Å²) < 4.78 is 2.07. The van der Waals surface area contributed by atoms with Crippen LogP contribution in [0.25, 0.3) is 11.4 Å². The molecule has 36 heavy (non-hydrogen) atoms. The minimum absolute atomic E-state index is 0.117. The van der Waals surface area contributed by atoms with E-state index in [0.717, 1.165) is 41.6 Å². The second kappa shape index (κ2) is 14.2. The fourth-order valence-electron chi connectivity index (χ4n) is 2.85. The Hall–Kier alpha value is -3.48. The number of halogens is 1. The Morgan fingerprint density at radius 2 is 1.75 bits per heavy atom. The number of pyridine rings is 1. The molecular formula is C23H27ClN6O5S. The Kier molecular flexibility index (Phi) is 11.3. The molecule has 11 nitrogen and oxygen atoms in total. The molecule has 2 aromatic heterocycles. The first-order valence-corrected chi connectivity index (χ1v) is 12.1. The highest BCUT2D eigenvalue weighted by Crippen LogP contribution is 2.25. The monoisotopic (exact) mass is 534 g/mol. The number of carbonyl (C=O) groups excluding carboxylic acids is 1. The van der Waals surface area contributed by atoms with Crippen LogP contribution in [0.2, 0.25) is 5.02 Å². The highest BCUT2D eigenvalue weighted by Gasteiger charge is 2.16. The summed E-state index contributed by atoms with van der Waals surface area (Å²) in [6.45, 7) is 3.64. The lowest BCUT2D eigenvalue weighted by Crippen LogP contribution is -2.16. The molecule has 0 unspecified atom stereocenters. The quantitative estimate of drug-likeness (QED) is 0.276. The molecule has 192 valence electrons. The van der Waals surface area contributed by atoms with Crippen LogP contribution in [0.1, 0.15) is 12.0 Å². The molecule has 1 amide bonds. The third-order valence-corrected chi connectivity index (χ3v) is 5.99. The molecule has 0 bridgehead atoms. The van der Waals surface area contributed by atoms with Gasteiger partial charge in [0.2, 0.25) is 5.91 Å². The van der Waals surface area contributed by atoms with Gasteiger partial charge in [0.15, 0.2) is 11.0 Å². The zero-order chi connectivity index (χ0) is 26.7. The van der Waals surface area contributed by atoms with Gasteiger partial charge < -0.3 is 25.0 Å². The Bertz CT molecular complexity index is 1180. The van der Waals surface area contributed by atoms with Gasteiger partial charge in [0.05, 0.1) is 5.75 Å². The van der Waals surface area contributed by atoms with Gasteiger partial charge in [-0.2, -0.15) is 0 Å². The number of nitrogens with zero attached hydrogens (tertiary/aromatic N) is 5. The molecule has 0 radical (unpaired) electrons. The van der Waals surface area contributed by atoms with Gasteiger partial charge in [-0.1, -0.05) is 29.4 Å². The number of aryl methyl sites for hydroxylation is 1. The SMILES string of the molecule is Cc1ccc(NC(=O)CSc2nnc(-c3ccncc3)n2CCCN(C)C)cc1Cl.O=C(O)C(=O)O. The van der Waals surface area contributed by atoms with E-state index in [0.29, 0.717) is 10.7 Å². The summed E-state index contributed by atoms with van der Waals surface area (Å²) in [6, 6.07) is 9.30. The summed E-state index contributed by atoms with van der Waals surface area (Å²) >= 11 is 7.51. The molecule has 2 heterocycles. The lowest BCUT2D eigenvalue weighted by atomic mass is 10.2. The van der Waals surface area contributed by atoms with E-state index in [-0.39, 0.29) is 11.7 Å². The maximum atomic E-state index is 12.4. The predicted molar refractivity (Wildman–Crippen MR) is 137 cm³/mol. The molecule has 13 heteroatoms. The zero-order valence-corrected chi connectivity index (χ0v) is 21.6. The number of carboxylic acid groups (broad SMARTS) is 2. The van der Waals surface area contributed by atoms with Gasteiger partial charge in [-0.25, -0.2) is 9.59 Å². The Balaban J connectivity index is 0.000000678. The first-order valence-electron chi connectivity index (χ1n) is 10.7. The summed E-state index contributed by atoms with van der Waals surface area (Å²) in [5.41, 5.74) is 2.60. The predicted octanol–water partition coefficient (Wildman–Crippen LogP) is 3.14. The number of amides is 1. The van der Waals surface area contributed by atoms with Crippen LogP contribution >= 0.6 is 23.4 Å². The van der Waals surface area contributed by atoms with Gasteiger partial charge >= 0.3 is 11.9 Å². The summed E-state index contributed by atoms with van der Waals surface area (Å²) in [5.74, 6) is -2.75. The lowest BCUT2D eigenvalue weighted by molar-refractivity contribution is -0.159. The van der Waals surface area contributed by atoms with Crippen LogP contribution in [0.5, 0.6) is 0 Å². The average molecular weight is 535 g/mol. The van der Waals surface area contributed by atoms with Crippen LogP contribution in [0.4, 0.5) is 5.69 Å². The Morgan fingerprint density at radius 3 is 2.33 bits per heavy atom. The van der Waals surface area contributed by atoms with Crippen molar-refractivity contribution in [2.75, 3.05) is 31.7 Å². The number of rotatable bonds is 9. The van der Waals surface area contributed by atoms with E-state index >= 15 is 0 Å². The number of aliphatic carboxylic acids is 2. The van der Waals surface area contributed by atoms with Gasteiger partial charge in [0.1, 0.15) is 0 Å². The van der Waals surface area contributed by atoms with Gasteiger partial charge in [0, 0.05) is 35.2 Å². The van der Waals surface area contributed by atoms with Crippen LogP contribution in [0, 0.1) is 6.92 Å². The standard InChI is InChI=1S/C21H25ClN6OS.C2H2O4/c1-15-5-6-17(13-18(15)22)24-19(29)14-30-21-26-25-20(16-7-9-23-10-8-16)28(21)12-4-11-27(2)3;3-1(4)2(5)6/h5-10,13H,4,11-12,14H2,1-3H3,(H,24,29);(H,3,4)(H,5,6). The van der Waals surface area contributed by atoms with Gasteiger partial charge in [0.25, 0.3) is 0 Å². The van der Waals surface area contributed by atoms with E-state index in [4.69, 9.17) is 31.4 Å². The average Bonchev–Trinajstić information content (AvgIpc) is 3.23. The van der Waals surface area contributed by atoms with Gasteiger partial charge in [-0.3, -0.25) is 9.78 Å². The highest BCUT2D eigenvalue weighted by molar-refractivity contribution is 7.99. The topological polar surface area (TPSA) is 151 Å². The molecule has 3 aromatic rings. The maximum absolute atomic E-state index is 12.4. The molecule has 1 aromatic carbocycles. The molecule has 3 rings (SSSR count). The highest BCUT2D eigenvalue weighted by atomic mass is 35.5. The Labute approximate surface area is 217 Å². The molecular weight excluding hydrogens is 508 g/mol. The molecule has 0 atom stereocenters. The lowest BCUT2D eigenvalue weighted by Gasteiger charge is -2.13. The van der Waals surface area contributed by atoms with E-state index in [2.05, 4.69) is 30.0 Å². The van der Waals surface area contributed by atoms with E-state index in [1.54, 1.807) is 18.5 Å². The number of aromatic nitrogens is 4. The van der Waals surface area contributed by atoms with Crippen LogP contribution in [0.15, 0.2) is 47.9 Å².